The number of nitrogens with zero attached hydrogens (tertiary/aromatic N) is 1. The Bertz CT molecular complexity index is 506. The van der Waals surface area contributed by atoms with Gasteiger partial charge in [-0.1, -0.05) is 28.1 Å². The lowest BCUT2D eigenvalue weighted by Gasteiger charge is -2.20. The van der Waals surface area contributed by atoms with Crippen LogP contribution in [0.4, 0.5) is 0 Å². The minimum atomic E-state index is -0.458. The molecule has 0 heterocycles. The molecule has 1 aromatic rings. The van der Waals surface area contributed by atoms with E-state index in [-0.39, 0.29) is 11.9 Å². The third-order valence-electron chi connectivity index (χ3n) is 2.99. The van der Waals surface area contributed by atoms with Crippen molar-refractivity contribution in [2.45, 2.75) is 45.6 Å². The molecule has 1 amide bonds. The van der Waals surface area contributed by atoms with Crippen molar-refractivity contribution >= 4 is 27.8 Å². The van der Waals surface area contributed by atoms with E-state index in [0.717, 1.165) is 10.0 Å². The molecule has 0 aliphatic rings. The highest BCUT2D eigenvalue weighted by atomic mass is 79.9. The lowest BCUT2D eigenvalue weighted by atomic mass is 10.1. The van der Waals surface area contributed by atoms with Crippen LogP contribution < -0.4 is 0 Å². The van der Waals surface area contributed by atoms with Gasteiger partial charge >= 0.3 is 5.97 Å². The van der Waals surface area contributed by atoms with Gasteiger partial charge in [-0.25, -0.2) is 0 Å². The monoisotopic (exact) mass is 369 g/mol. The molecule has 0 aliphatic carbocycles. The van der Waals surface area contributed by atoms with Crippen molar-refractivity contribution in [3.05, 3.63) is 34.3 Å². The van der Waals surface area contributed by atoms with Gasteiger partial charge in [-0.3, -0.25) is 9.59 Å². The molecule has 0 radical (unpaired) electrons. The Hall–Kier alpha value is -1.36. The van der Waals surface area contributed by atoms with Crippen LogP contribution in [0.2, 0.25) is 0 Å². The maximum absolute atomic E-state index is 12.1. The first-order valence-corrected chi connectivity index (χ1v) is 8.17. The molecular formula is C17H24BrNO3. The second-order valence-electron chi connectivity index (χ2n) is 6.31. The summed E-state index contributed by atoms with van der Waals surface area (Å²) in [4.78, 5) is 25.4. The molecule has 122 valence electrons. The summed E-state index contributed by atoms with van der Waals surface area (Å²) in [6, 6.07) is 7.70. The first-order chi connectivity index (χ1) is 10.2. The molecule has 22 heavy (non-hydrogen) atoms. The van der Waals surface area contributed by atoms with Gasteiger partial charge in [-0.15, -0.1) is 0 Å². The van der Waals surface area contributed by atoms with E-state index in [1.54, 1.807) is 11.9 Å². The average Bonchev–Trinajstić information content (AvgIpc) is 2.39. The second-order valence-corrected chi connectivity index (χ2v) is 7.22. The molecule has 0 bridgehead atoms. The van der Waals surface area contributed by atoms with E-state index in [0.29, 0.717) is 25.8 Å². The minimum absolute atomic E-state index is 0.0477. The Labute approximate surface area is 141 Å². The third kappa shape index (κ3) is 7.59. The first kappa shape index (κ1) is 18.7. The van der Waals surface area contributed by atoms with Crippen molar-refractivity contribution in [1.82, 2.24) is 4.90 Å². The number of carbonyl (C=O) groups is 2. The number of rotatable bonds is 6. The Balaban J connectivity index is 2.32. The van der Waals surface area contributed by atoms with Crippen LogP contribution in [0.3, 0.4) is 0 Å². The molecular weight excluding hydrogens is 346 g/mol. The SMILES string of the molecule is CN(CCCC(=O)OC(C)(C)C)C(=O)Cc1ccc(Br)cc1. The summed E-state index contributed by atoms with van der Waals surface area (Å²) < 4.78 is 6.23. The summed E-state index contributed by atoms with van der Waals surface area (Å²) in [5, 5.41) is 0. The number of likely N-dealkylation sites (N-methyl/N-ethyl adjacent to an activating group) is 1. The van der Waals surface area contributed by atoms with E-state index in [9.17, 15) is 9.59 Å². The first-order valence-electron chi connectivity index (χ1n) is 7.37. The minimum Gasteiger partial charge on any atom is -0.460 e. The maximum atomic E-state index is 12.1. The maximum Gasteiger partial charge on any atom is 0.306 e. The molecule has 0 saturated carbocycles. The van der Waals surface area contributed by atoms with Crippen LogP contribution in [0, 0.1) is 0 Å². The molecule has 0 aromatic heterocycles. The highest BCUT2D eigenvalue weighted by molar-refractivity contribution is 9.10. The second kappa shape index (κ2) is 8.32. The van der Waals surface area contributed by atoms with Crippen molar-refractivity contribution in [1.29, 1.82) is 0 Å². The predicted molar refractivity (Wildman–Crippen MR) is 90.6 cm³/mol. The Morgan fingerprint density at radius 3 is 2.32 bits per heavy atom. The zero-order chi connectivity index (χ0) is 16.8. The summed E-state index contributed by atoms with van der Waals surface area (Å²) in [5.74, 6) is -0.173. The van der Waals surface area contributed by atoms with E-state index < -0.39 is 5.60 Å². The van der Waals surface area contributed by atoms with Crippen molar-refractivity contribution in [2.24, 2.45) is 0 Å². The lowest BCUT2D eigenvalue weighted by molar-refractivity contribution is -0.155. The fraction of sp³-hybridized carbons (Fsp3) is 0.529. The molecule has 1 rings (SSSR count). The normalized spacial score (nSPS) is 11.1. The molecule has 4 nitrogen and oxygen atoms in total. The van der Waals surface area contributed by atoms with E-state index in [4.69, 9.17) is 4.74 Å². The van der Waals surface area contributed by atoms with Crippen LogP contribution in [0.15, 0.2) is 28.7 Å². The predicted octanol–water partition coefficient (Wildman–Crippen LogP) is 3.57. The highest BCUT2D eigenvalue weighted by Gasteiger charge is 2.16. The fourth-order valence-electron chi connectivity index (χ4n) is 1.89. The number of benzene rings is 1. The van der Waals surface area contributed by atoms with Gasteiger partial charge in [-0.05, 0) is 44.9 Å². The summed E-state index contributed by atoms with van der Waals surface area (Å²) in [6.45, 7) is 6.09. The van der Waals surface area contributed by atoms with Crippen molar-refractivity contribution in [3.63, 3.8) is 0 Å². The van der Waals surface area contributed by atoms with Gasteiger partial charge in [0.25, 0.3) is 0 Å². The van der Waals surface area contributed by atoms with Crippen LogP contribution in [0.25, 0.3) is 0 Å². The van der Waals surface area contributed by atoms with Gasteiger partial charge in [0.1, 0.15) is 5.60 Å². The molecule has 0 spiro atoms. The van der Waals surface area contributed by atoms with Crippen molar-refractivity contribution < 1.29 is 14.3 Å². The Morgan fingerprint density at radius 2 is 1.77 bits per heavy atom. The molecule has 0 unspecified atom stereocenters. The topological polar surface area (TPSA) is 46.6 Å². The number of carbonyl (C=O) groups excluding carboxylic acids is 2. The standard InChI is InChI=1S/C17H24BrNO3/c1-17(2,3)22-16(21)6-5-11-19(4)15(20)12-13-7-9-14(18)10-8-13/h7-10H,5-6,11-12H2,1-4H3. The van der Waals surface area contributed by atoms with E-state index >= 15 is 0 Å². The number of hydrogen-bond acceptors (Lipinski definition) is 3. The van der Waals surface area contributed by atoms with E-state index in [1.807, 2.05) is 45.0 Å². The number of ether oxygens (including phenoxy) is 1. The van der Waals surface area contributed by atoms with Crippen molar-refractivity contribution in [2.75, 3.05) is 13.6 Å². The van der Waals surface area contributed by atoms with E-state index in [1.165, 1.54) is 0 Å². The van der Waals surface area contributed by atoms with Gasteiger partial charge < -0.3 is 9.64 Å². The zero-order valence-electron chi connectivity index (χ0n) is 13.7. The molecule has 5 heteroatoms. The largest absolute Gasteiger partial charge is 0.460 e. The Morgan fingerprint density at radius 1 is 1.18 bits per heavy atom. The Kier molecular flexibility index (Phi) is 7.07. The molecule has 0 fully saturated rings. The smallest absolute Gasteiger partial charge is 0.306 e. The summed E-state index contributed by atoms with van der Waals surface area (Å²) in [7, 11) is 1.76. The number of hydrogen-bond donors (Lipinski definition) is 0. The number of halogens is 1. The van der Waals surface area contributed by atoms with Gasteiger partial charge in [0.05, 0.1) is 6.42 Å². The molecule has 0 aliphatic heterocycles. The lowest BCUT2D eigenvalue weighted by Crippen LogP contribution is -2.30. The van der Waals surface area contributed by atoms with Crippen LogP contribution in [0.5, 0.6) is 0 Å². The molecule has 0 N–H and O–H groups in total. The third-order valence-corrected chi connectivity index (χ3v) is 3.52. The van der Waals surface area contributed by atoms with Gasteiger partial charge in [0.15, 0.2) is 0 Å². The molecule has 1 aromatic carbocycles. The highest BCUT2D eigenvalue weighted by Crippen LogP contribution is 2.12. The van der Waals surface area contributed by atoms with Crippen LogP contribution in [0.1, 0.15) is 39.2 Å². The van der Waals surface area contributed by atoms with Crippen molar-refractivity contribution in [3.8, 4) is 0 Å². The molecule has 0 atom stereocenters. The zero-order valence-corrected chi connectivity index (χ0v) is 15.3. The van der Waals surface area contributed by atoms with E-state index in [2.05, 4.69) is 15.9 Å². The summed E-state index contributed by atoms with van der Waals surface area (Å²) in [6.07, 6.45) is 1.31. The van der Waals surface area contributed by atoms with Crippen LogP contribution in [-0.4, -0.2) is 36.0 Å². The molecule has 0 saturated heterocycles. The van der Waals surface area contributed by atoms with Gasteiger partial charge in [0.2, 0.25) is 5.91 Å². The number of esters is 1. The summed E-state index contributed by atoms with van der Waals surface area (Å²) >= 11 is 3.37. The average molecular weight is 370 g/mol. The van der Waals surface area contributed by atoms with Gasteiger partial charge in [0, 0.05) is 24.5 Å². The fourth-order valence-corrected chi connectivity index (χ4v) is 2.15. The van der Waals surface area contributed by atoms with Crippen LogP contribution >= 0.6 is 15.9 Å². The summed E-state index contributed by atoms with van der Waals surface area (Å²) in [5.41, 5.74) is 0.521. The quantitative estimate of drug-likeness (QED) is 0.720. The van der Waals surface area contributed by atoms with Crippen LogP contribution in [-0.2, 0) is 20.7 Å². The van der Waals surface area contributed by atoms with Gasteiger partial charge in [-0.2, -0.15) is 0 Å². The number of amides is 1.